The van der Waals surface area contributed by atoms with Crippen molar-refractivity contribution in [2.45, 2.75) is 25.6 Å². The number of benzene rings is 1. The molecule has 3 rings (SSSR count). The molecule has 28 heavy (non-hydrogen) atoms. The fraction of sp³-hybridized carbons (Fsp3) is 0.200. The molecule has 0 aliphatic carbocycles. The molecule has 0 fully saturated rings. The van der Waals surface area contributed by atoms with Gasteiger partial charge in [-0.05, 0) is 53.3 Å². The van der Waals surface area contributed by atoms with Gasteiger partial charge >= 0.3 is 6.18 Å². The Morgan fingerprint density at radius 3 is 2.68 bits per heavy atom. The number of pyridine rings is 1. The molecule has 0 aliphatic heterocycles. The Labute approximate surface area is 169 Å². The van der Waals surface area contributed by atoms with E-state index in [0.29, 0.717) is 12.1 Å². The van der Waals surface area contributed by atoms with Crippen LogP contribution in [0.2, 0.25) is 5.02 Å². The molecular formula is C20H16ClF3N2OS. The highest BCUT2D eigenvalue weighted by Gasteiger charge is 2.33. The number of hydrogen-bond acceptors (Lipinski definition) is 3. The molecule has 1 aromatic carbocycles. The molecule has 2 heterocycles. The van der Waals surface area contributed by atoms with E-state index in [1.165, 1.54) is 12.1 Å². The number of halogens is 4. The van der Waals surface area contributed by atoms with Crippen molar-refractivity contribution < 1.29 is 18.0 Å². The van der Waals surface area contributed by atoms with Gasteiger partial charge < -0.3 is 5.32 Å². The second kappa shape index (κ2) is 8.75. The first kappa shape index (κ1) is 20.4. The Morgan fingerprint density at radius 1 is 1.14 bits per heavy atom. The minimum absolute atomic E-state index is 0.0847. The molecule has 0 bridgehead atoms. The third-order valence-corrected chi connectivity index (χ3v) is 5.12. The number of carbonyl (C=O) groups is 1. The smallest absolute Gasteiger partial charge is 0.352 e. The summed E-state index contributed by atoms with van der Waals surface area (Å²) in [5.41, 5.74) is 2.27. The molecule has 3 aromatic rings. The summed E-state index contributed by atoms with van der Waals surface area (Å²) in [6.07, 6.45) is -2.55. The Morgan fingerprint density at radius 2 is 1.96 bits per heavy atom. The number of nitrogens with one attached hydrogen (secondary N) is 1. The highest BCUT2D eigenvalue weighted by Crippen LogP contribution is 2.35. The molecule has 2 aromatic heterocycles. The first-order valence-electron chi connectivity index (χ1n) is 8.43. The van der Waals surface area contributed by atoms with Gasteiger partial charge in [-0.25, -0.2) is 0 Å². The molecule has 1 N–H and O–H groups in total. The monoisotopic (exact) mass is 424 g/mol. The van der Waals surface area contributed by atoms with Crippen LogP contribution >= 0.6 is 22.9 Å². The van der Waals surface area contributed by atoms with Crippen LogP contribution in [0, 0.1) is 0 Å². The molecule has 0 saturated heterocycles. The van der Waals surface area contributed by atoms with E-state index in [9.17, 15) is 18.0 Å². The second-order valence-electron chi connectivity index (χ2n) is 6.15. The third kappa shape index (κ3) is 5.33. The van der Waals surface area contributed by atoms with Crippen LogP contribution in [0.3, 0.4) is 0 Å². The lowest BCUT2D eigenvalue weighted by molar-refractivity contribution is -0.137. The molecule has 0 unspecified atom stereocenters. The molecule has 3 nitrogen and oxygen atoms in total. The van der Waals surface area contributed by atoms with Gasteiger partial charge in [-0.15, -0.1) is 0 Å². The topological polar surface area (TPSA) is 42.0 Å². The molecule has 0 atom stereocenters. The number of hydrogen-bond donors (Lipinski definition) is 1. The van der Waals surface area contributed by atoms with E-state index in [1.54, 1.807) is 17.5 Å². The van der Waals surface area contributed by atoms with E-state index >= 15 is 0 Å². The van der Waals surface area contributed by atoms with Crippen molar-refractivity contribution in [2.24, 2.45) is 0 Å². The van der Waals surface area contributed by atoms with E-state index in [4.69, 9.17) is 11.6 Å². The standard InChI is InChI=1S/C20H16ClF3N2OS/c21-17-3-1-13(9-16(17)20(22,23)24)2-4-19(27)26-11-14-5-7-25-18(10-14)15-6-8-28-12-15/h1,3,5-10,12H,2,4,11H2,(H,26,27). The summed E-state index contributed by atoms with van der Waals surface area (Å²) in [5.74, 6) is -0.239. The minimum atomic E-state index is -4.52. The average Bonchev–Trinajstić information content (AvgIpc) is 3.20. The maximum Gasteiger partial charge on any atom is 0.417 e. The van der Waals surface area contributed by atoms with Crippen molar-refractivity contribution in [1.82, 2.24) is 10.3 Å². The van der Waals surface area contributed by atoms with E-state index in [0.717, 1.165) is 22.9 Å². The average molecular weight is 425 g/mol. The SMILES string of the molecule is O=C(CCc1ccc(Cl)c(C(F)(F)F)c1)NCc1ccnc(-c2ccsc2)c1. The van der Waals surface area contributed by atoms with Gasteiger partial charge in [-0.2, -0.15) is 24.5 Å². The highest BCUT2D eigenvalue weighted by molar-refractivity contribution is 7.08. The molecular weight excluding hydrogens is 409 g/mol. The largest absolute Gasteiger partial charge is 0.417 e. The van der Waals surface area contributed by atoms with Gasteiger partial charge in [-0.1, -0.05) is 17.7 Å². The fourth-order valence-electron chi connectivity index (χ4n) is 2.64. The summed E-state index contributed by atoms with van der Waals surface area (Å²) in [6, 6.07) is 9.38. The van der Waals surface area contributed by atoms with E-state index in [2.05, 4.69) is 10.3 Å². The molecule has 0 radical (unpaired) electrons. The van der Waals surface area contributed by atoms with Crippen molar-refractivity contribution >= 4 is 28.8 Å². The van der Waals surface area contributed by atoms with Gasteiger partial charge in [0, 0.05) is 30.1 Å². The minimum Gasteiger partial charge on any atom is -0.352 e. The number of alkyl halides is 3. The van der Waals surface area contributed by atoms with Crippen LogP contribution in [-0.2, 0) is 23.9 Å². The number of aromatic nitrogens is 1. The number of nitrogens with zero attached hydrogens (tertiary/aromatic N) is 1. The van der Waals surface area contributed by atoms with Crippen LogP contribution in [0.1, 0.15) is 23.1 Å². The van der Waals surface area contributed by atoms with E-state index in [1.807, 2.05) is 29.0 Å². The maximum absolute atomic E-state index is 12.9. The zero-order valence-electron chi connectivity index (χ0n) is 14.6. The first-order chi connectivity index (χ1) is 13.3. The Hall–Kier alpha value is -2.38. The summed E-state index contributed by atoms with van der Waals surface area (Å²) >= 11 is 7.18. The van der Waals surface area contributed by atoms with Crippen LogP contribution in [-0.4, -0.2) is 10.9 Å². The van der Waals surface area contributed by atoms with Gasteiger partial charge in [0.15, 0.2) is 0 Å². The summed E-state index contributed by atoms with van der Waals surface area (Å²) in [4.78, 5) is 16.4. The van der Waals surface area contributed by atoms with Crippen molar-refractivity contribution in [1.29, 1.82) is 0 Å². The van der Waals surface area contributed by atoms with Gasteiger partial charge in [0.1, 0.15) is 0 Å². The summed E-state index contributed by atoms with van der Waals surface area (Å²) in [5, 5.41) is 6.39. The highest BCUT2D eigenvalue weighted by atomic mass is 35.5. The predicted octanol–water partition coefficient (Wildman–Crippen LogP) is 5.73. The quantitative estimate of drug-likeness (QED) is 0.549. The molecule has 0 saturated carbocycles. The molecule has 146 valence electrons. The number of thiophene rings is 1. The summed E-state index contributed by atoms with van der Waals surface area (Å²) < 4.78 is 38.7. The van der Waals surface area contributed by atoms with Crippen molar-refractivity contribution in [2.75, 3.05) is 0 Å². The van der Waals surface area contributed by atoms with Crippen LogP contribution in [0.5, 0.6) is 0 Å². The fourth-order valence-corrected chi connectivity index (χ4v) is 3.52. The van der Waals surface area contributed by atoms with Gasteiger partial charge in [-0.3, -0.25) is 9.78 Å². The van der Waals surface area contributed by atoms with Crippen molar-refractivity contribution in [3.8, 4) is 11.3 Å². The number of amides is 1. The summed E-state index contributed by atoms with van der Waals surface area (Å²) in [7, 11) is 0. The predicted molar refractivity (Wildman–Crippen MR) is 104 cm³/mol. The number of carbonyl (C=O) groups excluding carboxylic acids is 1. The third-order valence-electron chi connectivity index (χ3n) is 4.11. The molecule has 1 amide bonds. The lowest BCUT2D eigenvalue weighted by atomic mass is 10.1. The molecule has 0 spiro atoms. The van der Waals surface area contributed by atoms with Crippen molar-refractivity contribution in [3.05, 3.63) is 75.1 Å². The van der Waals surface area contributed by atoms with Crippen LogP contribution in [0.15, 0.2) is 53.4 Å². The van der Waals surface area contributed by atoms with E-state index < -0.39 is 11.7 Å². The lowest BCUT2D eigenvalue weighted by Crippen LogP contribution is -2.23. The second-order valence-corrected chi connectivity index (χ2v) is 7.34. The summed E-state index contributed by atoms with van der Waals surface area (Å²) in [6.45, 7) is 0.326. The zero-order valence-corrected chi connectivity index (χ0v) is 16.2. The van der Waals surface area contributed by atoms with Crippen LogP contribution < -0.4 is 5.32 Å². The Bertz CT molecular complexity index is 958. The normalized spacial score (nSPS) is 11.4. The number of aryl methyl sites for hydroxylation is 1. The van der Waals surface area contributed by atoms with Crippen LogP contribution in [0.25, 0.3) is 11.3 Å². The van der Waals surface area contributed by atoms with Gasteiger partial charge in [0.2, 0.25) is 5.91 Å². The lowest BCUT2D eigenvalue weighted by Gasteiger charge is -2.11. The van der Waals surface area contributed by atoms with Crippen LogP contribution in [0.4, 0.5) is 13.2 Å². The van der Waals surface area contributed by atoms with Gasteiger partial charge in [0.25, 0.3) is 0 Å². The first-order valence-corrected chi connectivity index (χ1v) is 9.75. The maximum atomic E-state index is 12.9. The van der Waals surface area contributed by atoms with Gasteiger partial charge in [0.05, 0.1) is 16.3 Å². The van der Waals surface area contributed by atoms with Crippen molar-refractivity contribution in [3.63, 3.8) is 0 Å². The molecule has 8 heteroatoms. The number of rotatable bonds is 6. The Kier molecular flexibility index (Phi) is 6.36. The zero-order chi connectivity index (χ0) is 20.1. The van der Waals surface area contributed by atoms with E-state index in [-0.39, 0.29) is 23.8 Å². The molecule has 0 aliphatic rings. The Balaban J connectivity index is 1.55.